The number of aromatic nitrogens is 1. The third-order valence-corrected chi connectivity index (χ3v) is 5.12. The van der Waals surface area contributed by atoms with Gasteiger partial charge in [-0.05, 0) is 38.4 Å². The van der Waals surface area contributed by atoms with Gasteiger partial charge in [0.2, 0.25) is 0 Å². The molecule has 0 aliphatic heterocycles. The fourth-order valence-corrected chi connectivity index (χ4v) is 3.78. The van der Waals surface area contributed by atoms with Gasteiger partial charge in [-0.25, -0.2) is 0 Å². The predicted molar refractivity (Wildman–Crippen MR) is 85.7 cm³/mol. The first-order valence-electron chi connectivity index (χ1n) is 7.32. The van der Waals surface area contributed by atoms with E-state index in [9.17, 15) is 4.57 Å². The molecular formula is C15H23N2O3P. The molecule has 0 aliphatic rings. The zero-order valence-electron chi connectivity index (χ0n) is 12.6. The van der Waals surface area contributed by atoms with Crippen molar-refractivity contribution in [1.82, 2.24) is 10.3 Å². The number of aromatic amines is 1. The molecule has 2 aromatic rings. The Balaban J connectivity index is 1.85. The summed E-state index contributed by atoms with van der Waals surface area (Å²) < 4.78 is 22.8. The van der Waals surface area contributed by atoms with E-state index >= 15 is 0 Å². The fraction of sp³-hybridized carbons (Fsp3) is 0.467. The lowest BCUT2D eigenvalue weighted by atomic mass is 10.1. The molecule has 116 valence electrons. The summed E-state index contributed by atoms with van der Waals surface area (Å²) in [5, 5.41) is 4.41. The standard InChI is InChI=1S/C15H23N2O3P/c1-3-19-21(18,20-4-2)12-16-10-9-13-11-17-15-8-6-5-7-14(13)15/h5-8,11,16-17H,3-4,9-10,12H2,1-2H3. The Morgan fingerprint density at radius 3 is 2.62 bits per heavy atom. The van der Waals surface area contributed by atoms with Crippen molar-refractivity contribution in [3.8, 4) is 0 Å². The molecule has 1 aromatic heterocycles. The van der Waals surface area contributed by atoms with Gasteiger partial charge in [0.05, 0.1) is 19.5 Å². The minimum atomic E-state index is -2.99. The minimum Gasteiger partial charge on any atom is -0.361 e. The normalized spacial score (nSPS) is 12.1. The highest BCUT2D eigenvalue weighted by atomic mass is 31.2. The second-order valence-electron chi connectivity index (χ2n) is 4.71. The average Bonchev–Trinajstić information content (AvgIpc) is 2.88. The van der Waals surface area contributed by atoms with E-state index in [0.717, 1.165) is 18.5 Å². The highest BCUT2D eigenvalue weighted by molar-refractivity contribution is 7.53. The van der Waals surface area contributed by atoms with Crippen molar-refractivity contribution in [2.24, 2.45) is 0 Å². The van der Waals surface area contributed by atoms with Gasteiger partial charge in [-0.3, -0.25) is 4.57 Å². The Labute approximate surface area is 125 Å². The molecule has 0 fully saturated rings. The van der Waals surface area contributed by atoms with Crippen LogP contribution < -0.4 is 5.32 Å². The van der Waals surface area contributed by atoms with Crippen molar-refractivity contribution < 1.29 is 13.6 Å². The second-order valence-corrected chi connectivity index (χ2v) is 6.77. The maximum atomic E-state index is 12.3. The molecule has 0 bridgehead atoms. The van der Waals surface area contributed by atoms with Gasteiger partial charge in [-0.2, -0.15) is 0 Å². The molecular weight excluding hydrogens is 287 g/mol. The van der Waals surface area contributed by atoms with E-state index < -0.39 is 7.60 Å². The monoisotopic (exact) mass is 310 g/mol. The lowest BCUT2D eigenvalue weighted by molar-refractivity contribution is 0.218. The number of benzene rings is 1. The lowest BCUT2D eigenvalue weighted by Gasteiger charge is -2.17. The highest BCUT2D eigenvalue weighted by Gasteiger charge is 2.22. The van der Waals surface area contributed by atoms with E-state index in [4.69, 9.17) is 9.05 Å². The SMILES string of the molecule is CCOP(=O)(CNCCc1c[nH]c2ccccc12)OCC. The first-order valence-corrected chi connectivity index (χ1v) is 9.05. The first-order chi connectivity index (χ1) is 10.2. The number of fused-ring (bicyclic) bond motifs is 1. The second kappa shape index (κ2) is 7.76. The van der Waals surface area contributed by atoms with Crippen LogP contribution in [0, 0.1) is 0 Å². The summed E-state index contributed by atoms with van der Waals surface area (Å²) in [6, 6.07) is 8.21. The van der Waals surface area contributed by atoms with Gasteiger partial charge in [-0.15, -0.1) is 0 Å². The fourth-order valence-electron chi connectivity index (χ4n) is 2.30. The molecule has 0 radical (unpaired) electrons. The van der Waals surface area contributed by atoms with Crippen LogP contribution in [-0.2, 0) is 20.0 Å². The number of nitrogens with one attached hydrogen (secondary N) is 2. The molecule has 0 atom stereocenters. The van der Waals surface area contributed by atoms with Gasteiger partial charge in [0, 0.05) is 17.1 Å². The summed E-state index contributed by atoms with van der Waals surface area (Å²) in [4.78, 5) is 3.25. The molecule has 0 unspecified atom stereocenters. The van der Waals surface area contributed by atoms with Crippen LogP contribution in [0.2, 0.25) is 0 Å². The Hall–Kier alpha value is -1.13. The third kappa shape index (κ3) is 4.42. The predicted octanol–water partition coefficient (Wildman–Crippen LogP) is 3.52. The van der Waals surface area contributed by atoms with Gasteiger partial charge in [0.1, 0.15) is 0 Å². The zero-order chi connectivity index (χ0) is 15.1. The van der Waals surface area contributed by atoms with Crippen LogP contribution in [0.15, 0.2) is 30.5 Å². The Kier molecular flexibility index (Phi) is 6.00. The van der Waals surface area contributed by atoms with Crippen LogP contribution in [0.4, 0.5) is 0 Å². The summed E-state index contributed by atoms with van der Waals surface area (Å²) in [5.74, 6) is 0. The van der Waals surface area contributed by atoms with Crippen LogP contribution >= 0.6 is 7.60 Å². The van der Waals surface area contributed by atoms with Crippen molar-refractivity contribution in [3.05, 3.63) is 36.0 Å². The van der Waals surface area contributed by atoms with Crippen LogP contribution in [0.3, 0.4) is 0 Å². The Morgan fingerprint density at radius 2 is 1.90 bits per heavy atom. The smallest absolute Gasteiger partial charge is 0.344 e. The van der Waals surface area contributed by atoms with Crippen molar-refractivity contribution in [1.29, 1.82) is 0 Å². The molecule has 0 saturated heterocycles. The number of para-hydroxylation sites is 1. The van der Waals surface area contributed by atoms with E-state index in [1.165, 1.54) is 10.9 Å². The number of H-pyrrole nitrogens is 1. The average molecular weight is 310 g/mol. The van der Waals surface area contributed by atoms with Gasteiger partial charge in [0.25, 0.3) is 0 Å². The van der Waals surface area contributed by atoms with Gasteiger partial charge >= 0.3 is 7.60 Å². The number of hydrogen-bond donors (Lipinski definition) is 2. The van der Waals surface area contributed by atoms with E-state index in [2.05, 4.69) is 22.4 Å². The van der Waals surface area contributed by atoms with Crippen LogP contribution in [0.5, 0.6) is 0 Å². The maximum absolute atomic E-state index is 12.3. The molecule has 0 saturated carbocycles. The summed E-state index contributed by atoms with van der Waals surface area (Å²) in [6.07, 6.45) is 3.14. The molecule has 1 heterocycles. The first kappa shape index (κ1) is 16.2. The Morgan fingerprint density at radius 1 is 1.19 bits per heavy atom. The maximum Gasteiger partial charge on any atom is 0.344 e. The van der Waals surface area contributed by atoms with E-state index in [-0.39, 0.29) is 6.29 Å². The summed E-state index contributed by atoms with van der Waals surface area (Å²) in [5.41, 5.74) is 2.39. The van der Waals surface area contributed by atoms with Crippen LogP contribution in [-0.4, -0.2) is 31.0 Å². The van der Waals surface area contributed by atoms with E-state index in [0.29, 0.717) is 13.2 Å². The molecule has 5 nitrogen and oxygen atoms in total. The van der Waals surface area contributed by atoms with Crippen LogP contribution in [0.25, 0.3) is 10.9 Å². The zero-order valence-corrected chi connectivity index (χ0v) is 13.5. The van der Waals surface area contributed by atoms with E-state index in [1.54, 1.807) is 0 Å². The topological polar surface area (TPSA) is 63.3 Å². The summed E-state index contributed by atoms with van der Waals surface area (Å²) in [7, 11) is -2.99. The van der Waals surface area contributed by atoms with Crippen molar-refractivity contribution >= 4 is 18.5 Å². The molecule has 2 N–H and O–H groups in total. The van der Waals surface area contributed by atoms with Crippen molar-refractivity contribution in [3.63, 3.8) is 0 Å². The van der Waals surface area contributed by atoms with Crippen LogP contribution in [0.1, 0.15) is 19.4 Å². The van der Waals surface area contributed by atoms with Crippen molar-refractivity contribution in [2.45, 2.75) is 20.3 Å². The molecule has 21 heavy (non-hydrogen) atoms. The van der Waals surface area contributed by atoms with Gasteiger partial charge in [-0.1, -0.05) is 18.2 Å². The van der Waals surface area contributed by atoms with E-state index in [1.807, 2.05) is 32.2 Å². The summed E-state index contributed by atoms with van der Waals surface area (Å²) in [6.45, 7) is 5.14. The van der Waals surface area contributed by atoms with Gasteiger partial charge < -0.3 is 19.3 Å². The summed E-state index contributed by atoms with van der Waals surface area (Å²) >= 11 is 0. The molecule has 1 aromatic carbocycles. The van der Waals surface area contributed by atoms with Gasteiger partial charge in [0.15, 0.2) is 0 Å². The molecule has 0 spiro atoms. The Bertz CT molecular complexity index is 602. The molecule has 6 heteroatoms. The number of rotatable bonds is 9. The molecule has 0 aliphatic carbocycles. The lowest BCUT2D eigenvalue weighted by Crippen LogP contribution is -2.20. The highest BCUT2D eigenvalue weighted by Crippen LogP contribution is 2.46. The molecule has 2 rings (SSSR count). The number of hydrogen-bond acceptors (Lipinski definition) is 4. The molecule has 0 amide bonds. The largest absolute Gasteiger partial charge is 0.361 e. The third-order valence-electron chi connectivity index (χ3n) is 3.20. The van der Waals surface area contributed by atoms with Crippen molar-refractivity contribution in [2.75, 3.05) is 26.0 Å². The minimum absolute atomic E-state index is 0.247. The quantitative estimate of drug-likeness (QED) is 0.549.